The average molecular weight is 423 g/mol. The number of fused-ring (bicyclic) bond motifs is 2. The summed E-state index contributed by atoms with van der Waals surface area (Å²) in [6.07, 6.45) is 0.742. The Bertz CT molecular complexity index is 1480. The van der Waals surface area contributed by atoms with E-state index in [1.807, 2.05) is 55.5 Å². The van der Waals surface area contributed by atoms with Gasteiger partial charge in [0.25, 0.3) is 11.5 Å². The van der Waals surface area contributed by atoms with Gasteiger partial charge in [0.05, 0.1) is 16.4 Å². The highest BCUT2D eigenvalue weighted by Gasteiger charge is 2.17. The predicted molar refractivity (Wildman–Crippen MR) is 126 cm³/mol. The van der Waals surface area contributed by atoms with Crippen molar-refractivity contribution in [2.24, 2.45) is 0 Å². The van der Waals surface area contributed by atoms with Crippen LogP contribution in [0.2, 0.25) is 0 Å². The minimum absolute atomic E-state index is 0.189. The number of nitrogens with one attached hydrogen (secondary N) is 2. The Balaban J connectivity index is 1.50. The molecule has 158 valence electrons. The number of aromatic nitrogens is 4. The van der Waals surface area contributed by atoms with Gasteiger partial charge in [-0.2, -0.15) is 5.10 Å². The molecular weight excluding hydrogens is 402 g/mol. The minimum atomic E-state index is -0.368. The number of rotatable bonds is 5. The van der Waals surface area contributed by atoms with Crippen molar-refractivity contribution in [1.82, 2.24) is 19.7 Å². The number of hydrogen-bond acceptors (Lipinski definition) is 4. The Morgan fingerprint density at radius 2 is 1.78 bits per heavy atom. The van der Waals surface area contributed by atoms with E-state index < -0.39 is 0 Å². The molecule has 3 aromatic carbocycles. The Morgan fingerprint density at radius 1 is 1.00 bits per heavy atom. The number of carbonyl (C=O) groups is 1. The Kier molecular flexibility index (Phi) is 4.99. The molecule has 1 amide bonds. The van der Waals surface area contributed by atoms with E-state index in [1.54, 1.807) is 24.3 Å². The van der Waals surface area contributed by atoms with E-state index in [9.17, 15) is 9.59 Å². The summed E-state index contributed by atoms with van der Waals surface area (Å²) in [5, 5.41) is 8.32. The van der Waals surface area contributed by atoms with Gasteiger partial charge in [-0.25, -0.2) is 9.67 Å². The first-order valence-electron chi connectivity index (χ1n) is 10.5. The maximum absolute atomic E-state index is 13.2. The smallest absolute Gasteiger partial charge is 0.276 e. The fourth-order valence-corrected chi connectivity index (χ4v) is 3.79. The second-order valence-corrected chi connectivity index (χ2v) is 7.56. The van der Waals surface area contributed by atoms with Crippen LogP contribution in [-0.4, -0.2) is 25.7 Å². The number of carbonyl (C=O) groups excluding carboxylic acids is 1. The highest BCUT2D eigenvalue weighted by molar-refractivity contribution is 6.11. The van der Waals surface area contributed by atoms with Gasteiger partial charge in [0.1, 0.15) is 5.82 Å². The van der Waals surface area contributed by atoms with Crippen molar-refractivity contribution in [3.63, 3.8) is 0 Å². The molecule has 7 nitrogen and oxygen atoms in total. The molecule has 0 aliphatic rings. The normalized spacial score (nSPS) is 11.2. The summed E-state index contributed by atoms with van der Waals surface area (Å²) in [5.74, 6) is 0.357. The van der Waals surface area contributed by atoms with Crippen LogP contribution in [0.25, 0.3) is 33.2 Å². The molecule has 2 aromatic heterocycles. The zero-order chi connectivity index (χ0) is 22.1. The number of imidazole rings is 1. The van der Waals surface area contributed by atoms with Crippen molar-refractivity contribution in [2.75, 3.05) is 5.32 Å². The molecular formula is C25H21N5O2. The average Bonchev–Trinajstić information content (AvgIpc) is 3.26. The summed E-state index contributed by atoms with van der Waals surface area (Å²) in [7, 11) is 0. The number of anilines is 1. The third-order valence-electron chi connectivity index (χ3n) is 5.30. The molecule has 0 atom stereocenters. The summed E-state index contributed by atoms with van der Waals surface area (Å²) < 4.78 is 1.36. The van der Waals surface area contributed by atoms with Crippen molar-refractivity contribution in [2.45, 2.75) is 19.9 Å². The van der Waals surface area contributed by atoms with E-state index >= 15 is 0 Å². The highest BCUT2D eigenvalue weighted by atomic mass is 16.2. The summed E-state index contributed by atoms with van der Waals surface area (Å²) in [6, 6.07) is 22.4. The summed E-state index contributed by atoms with van der Waals surface area (Å²) in [4.78, 5) is 33.8. The van der Waals surface area contributed by atoms with Crippen molar-refractivity contribution in [1.29, 1.82) is 0 Å². The number of nitrogens with zero attached hydrogens (tertiary/aromatic N) is 3. The van der Waals surface area contributed by atoms with Crippen LogP contribution in [-0.2, 0) is 6.54 Å². The van der Waals surface area contributed by atoms with Gasteiger partial charge >= 0.3 is 0 Å². The Morgan fingerprint density at radius 3 is 2.59 bits per heavy atom. The molecule has 0 bridgehead atoms. The molecule has 0 fully saturated rings. The molecule has 5 rings (SSSR count). The zero-order valence-corrected chi connectivity index (χ0v) is 17.5. The number of hydrogen-bond donors (Lipinski definition) is 2. The van der Waals surface area contributed by atoms with E-state index in [1.165, 1.54) is 4.68 Å². The molecule has 0 saturated carbocycles. The largest absolute Gasteiger partial charge is 0.338 e. The van der Waals surface area contributed by atoms with Crippen LogP contribution in [0.15, 0.2) is 77.6 Å². The number of H-pyrrole nitrogens is 1. The van der Waals surface area contributed by atoms with E-state index in [-0.39, 0.29) is 17.2 Å². The standard InChI is InChI=1S/C25H21N5O2/c1-2-14-30-25(32)19-11-4-3-10-18(19)22(29-30)24(31)26-17-9-7-8-16(15-17)23-27-20-12-5-6-13-21(20)28-23/h3-13,15H,2,14H2,1H3,(H,26,31)(H,27,28). The molecule has 0 aliphatic heterocycles. The molecule has 7 heteroatoms. The second kappa shape index (κ2) is 8.11. The molecule has 0 aliphatic carbocycles. The molecule has 2 heterocycles. The number of para-hydroxylation sites is 2. The molecule has 2 N–H and O–H groups in total. The van der Waals surface area contributed by atoms with Crippen LogP contribution in [0.1, 0.15) is 23.8 Å². The lowest BCUT2D eigenvalue weighted by molar-refractivity contribution is 0.102. The Labute approximate surface area is 183 Å². The lowest BCUT2D eigenvalue weighted by Crippen LogP contribution is -2.27. The zero-order valence-electron chi connectivity index (χ0n) is 17.5. The SMILES string of the molecule is CCCn1nc(C(=O)Nc2cccc(-c3nc4ccccc4[nH]3)c2)c2ccccc2c1=O. The fraction of sp³-hybridized carbons (Fsp3) is 0.120. The van der Waals surface area contributed by atoms with Crippen LogP contribution in [0.5, 0.6) is 0 Å². The van der Waals surface area contributed by atoms with Gasteiger partial charge in [0.15, 0.2) is 5.69 Å². The topological polar surface area (TPSA) is 92.7 Å². The van der Waals surface area contributed by atoms with E-state index in [0.717, 1.165) is 28.8 Å². The maximum Gasteiger partial charge on any atom is 0.276 e. The van der Waals surface area contributed by atoms with Crippen LogP contribution >= 0.6 is 0 Å². The molecule has 5 aromatic rings. The first-order chi connectivity index (χ1) is 15.6. The third kappa shape index (κ3) is 3.54. The van der Waals surface area contributed by atoms with Crippen molar-refractivity contribution in [3.8, 4) is 11.4 Å². The van der Waals surface area contributed by atoms with Crippen molar-refractivity contribution < 1.29 is 4.79 Å². The van der Waals surface area contributed by atoms with E-state index in [4.69, 9.17) is 0 Å². The number of amides is 1. The lowest BCUT2D eigenvalue weighted by Gasteiger charge is -2.11. The molecule has 0 unspecified atom stereocenters. The van der Waals surface area contributed by atoms with Gasteiger partial charge in [-0.05, 0) is 36.8 Å². The number of aryl methyl sites for hydroxylation is 1. The number of benzene rings is 3. The van der Waals surface area contributed by atoms with Crippen LogP contribution in [0, 0.1) is 0 Å². The Hall–Kier alpha value is -4.26. The van der Waals surface area contributed by atoms with E-state index in [2.05, 4.69) is 20.4 Å². The van der Waals surface area contributed by atoms with Crippen molar-refractivity contribution >= 4 is 33.4 Å². The quantitative estimate of drug-likeness (QED) is 0.432. The van der Waals surface area contributed by atoms with Crippen LogP contribution in [0.4, 0.5) is 5.69 Å². The maximum atomic E-state index is 13.2. The van der Waals surface area contributed by atoms with Gasteiger partial charge < -0.3 is 10.3 Å². The summed E-state index contributed by atoms with van der Waals surface area (Å²) in [6.45, 7) is 2.41. The van der Waals surface area contributed by atoms with Gasteiger partial charge in [-0.3, -0.25) is 9.59 Å². The van der Waals surface area contributed by atoms with Crippen LogP contribution < -0.4 is 10.9 Å². The number of aromatic amines is 1. The first kappa shape index (κ1) is 19.7. The second-order valence-electron chi connectivity index (χ2n) is 7.56. The third-order valence-corrected chi connectivity index (χ3v) is 5.30. The monoisotopic (exact) mass is 423 g/mol. The van der Waals surface area contributed by atoms with Crippen LogP contribution in [0.3, 0.4) is 0 Å². The summed E-state index contributed by atoms with van der Waals surface area (Å²) >= 11 is 0. The van der Waals surface area contributed by atoms with Crippen molar-refractivity contribution in [3.05, 3.63) is 88.8 Å². The van der Waals surface area contributed by atoms with Gasteiger partial charge in [0.2, 0.25) is 0 Å². The molecule has 0 radical (unpaired) electrons. The van der Waals surface area contributed by atoms with E-state index in [0.29, 0.717) is 23.0 Å². The lowest BCUT2D eigenvalue weighted by atomic mass is 10.1. The molecule has 32 heavy (non-hydrogen) atoms. The van der Waals surface area contributed by atoms with Gasteiger partial charge in [0, 0.05) is 23.2 Å². The van der Waals surface area contributed by atoms with Gasteiger partial charge in [-0.1, -0.05) is 49.4 Å². The molecule has 0 saturated heterocycles. The highest BCUT2D eigenvalue weighted by Crippen LogP contribution is 2.24. The fourth-order valence-electron chi connectivity index (χ4n) is 3.79. The first-order valence-corrected chi connectivity index (χ1v) is 10.5. The van der Waals surface area contributed by atoms with Gasteiger partial charge in [-0.15, -0.1) is 0 Å². The predicted octanol–water partition coefficient (Wildman–Crippen LogP) is 4.60. The minimum Gasteiger partial charge on any atom is -0.338 e. The molecule has 0 spiro atoms. The summed E-state index contributed by atoms with van der Waals surface area (Å²) in [5.41, 5.74) is 3.34.